The average molecular weight is 281 g/mol. The van der Waals surface area contributed by atoms with Crippen molar-refractivity contribution in [3.05, 3.63) is 34.9 Å². The molecule has 0 radical (unpaired) electrons. The third-order valence-corrected chi connectivity index (χ3v) is 4.43. The molecule has 1 aliphatic heterocycles. The summed E-state index contributed by atoms with van der Waals surface area (Å²) in [5, 5.41) is 3.25. The van der Waals surface area contributed by atoms with Crippen LogP contribution in [0.15, 0.2) is 24.3 Å². The Balaban J connectivity index is 2.07. The highest BCUT2D eigenvalue weighted by atomic mass is 35.5. The second-order valence-electron chi connectivity index (χ2n) is 5.68. The first-order valence-electron chi connectivity index (χ1n) is 7.41. The summed E-state index contributed by atoms with van der Waals surface area (Å²) in [7, 11) is 0. The highest BCUT2D eigenvalue weighted by Crippen LogP contribution is 2.25. The number of rotatable bonds is 4. The molecule has 19 heavy (non-hydrogen) atoms. The second kappa shape index (κ2) is 6.74. The zero-order valence-electron chi connectivity index (χ0n) is 12.2. The number of nitrogens with zero attached hydrogens (tertiary/aromatic N) is 1. The Bertz CT molecular complexity index is 380. The number of piperidine rings is 1. The minimum absolute atomic E-state index is 0.375. The molecular formula is C16H25ClN2. The van der Waals surface area contributed by atoms with E-state index < -0.39 is 0 Å². The lowest BCUT2D eigenvalue weighted by Crippen LogP contribution is -2.53. The molecule has 1 saturated heterocycles. The van der Waals surface area contributed by atoms with Gasteiger partial charge in [-0.2, -0.15) is 0 Å². The fourth-order valence-corrected chi connectivity index (χ4v) is 3.08. The first-order valence-corrected chi connectivity index (χ1v) is 7.79. The monoisotopic (exact) mass is 280 g/mol. The van der Waals surface area contributed by atoms with Gasteiger partial charge in [-0.25, -0.2) is 10.4 Å². The molecule has 2 nitrogen and oxygen atoms in total. The predicted molar refractivity (Wildman–Crippen MR) is 82.2 cm³/mol. The summed E-state index contributed by atoms with van der Waals surface area (Å²) < 4.78 is 0. The molecule has 0 aromatic heterocycles. The summed E-state index contributed by atoms with van der Waals surface area (Å²) in [6, 6.07) is 9.82. The van der Waals surface area contributed by atoms with Gasteiger partial charge in [0.2, 0.25) is 0 Å². The fraction of sp³-hybridized carbons (Fsp3) is 0.625. The third-order valence-electron chi connectivity index (χ3n) is 4.18. The first kappa shape index (κ1) is 14.8. The van der Waals surface area contributed by atoms with Crippen LogP contribution in [0.4, 0.5) is 0 Å². The van der Waals surface area contributed by atoms with Crippen molar-refractivity contribution < 1.29 is 0 Å². The van der Waals surface area contributed by atoms with Gasteiger partial charge in [0.15, 0.2) is 0 Å². The molecule has 1 aliphatic rings. The maximum atomic E-state index is 5.97. The van der Waals surface area contributed by atoms with Gasteiger partial charge in [-0.3, -0.25) is 0 Å². The molecule has 106 valence electrons. The van der Waals surface area contributed by atoms with E-state index in [1.165, 1.54) is 24.8 Å². The van der Waals surface area contributed by atoms with Crippen molar-refractivity contribution in [3.8, 4) is 0 Å². The van der Waals surface area contributed by atoms with Crippen molar-refractivity contribution in [1.29, 1.82) is 0 Å². The molecule has 1 aromatic rings. The zero-order valence-corrected chi connectivity index (χ0v) is 13.0. The van der Waals surface area contributed by atoms with Crippen LogP contribution in [0.25, 0.3) is 0 Å². The van der Waals surface area contributed by atoms with Crippen molar-refractivity contribution in [2.24, 2.45) is 0 Å². The zero-order chi connectivity index (χ0) is 13.8. The number of halogens is 1. The van der Waals surface area contributed by atoms with Crippen LogP contribution in [0.3, 0.4) is 0 Å². The van der Waals surface area contributed by atoms with E-state index in [9.17, 15) is 0 Å². The van der Waals surface area contributed by atoms with E-state index in [0.29, 0.717) is 18.1 Å². The predicted octanol–water partition coefficient (Wildman–Crippen LogP) is 4.56. The Morgan fingerprint density at radius 1 is 1.21 bits per heavy atom. The lowest BCUT2D eigenvalue weighted by Gasteiger charge is -2.41. The molecule has 1 N–H and O–H groups in total. The van der Waals surface area contributed by atoms with Crippen LogP contribution in [-0.4, -0.2) is 17.1 Å². The quantitative estimate of drug-likeness (QED) is 0.870. The lowest BCUT2D eigenvalue weighted by atomic mass is 9.99. The van der Waals surface area contributed by atoms with Crippen LogP contribution in [0, 0.1) is 0 Å². The van der Waals surface area contributed by atoms with Gasteiger partial charge in [-0.1, -0.05) is 37.1 Å². The highest BCUT2D eigenvalue weighted by Gasteiger charge is 2.26. The summed E-state index contributed by atoms with van der Waals surface area (Å²) in [5.74, 6) is 0. The van der Waals surface area contributed by atoms with Crippen LogP contribution in [0.5, 0.6) is 0 Å². The van der Waals surface area contributed by atoms with E-state index in [2.05, 4.69) is 43.3 Å². The molecule has 1 fully saturated rings. The van der Waals surface area contributed by atoms with E-state index in [4.69, 9.17) is 11.6 Å². The van der Waals surface area contributed by atoms with E-state index in [0.717, 1.165) is 11.4 Å². The first-order chi connectivity index (χ1) is 9.11. The van der Waals surface area contributed by atoms with Crippen molar-refractivity contribution in [3.63, 3.8) is 0 Å². The van der Waals surface area contributed by atoms with Gasteiger partial charge in [-0.15, -0.1) is 0 Å². The number of nitrogens with one attached hydrogen (secondary N) is 1. The molecule has 1 aromatic carbocycles. The van der Waals surface area contributed by atoms with Gasteiger partial charge >= 0.3 is 0 Å². The summed E-state index contributed by atoms with van der Waals surface area (Å²) >= 11 is 5.97. The van der Waals surface area contributed by atoms with Gasteiger partial charge in [0, 0.05) is 23.1 Å². The normalized spacial score (nSPS) is 26.3. The highest BCUT2D eigenvalue weighted by molar-refractivity contribution is 6.30. The molecule has 0 aliphatic carbocycles. The van der Waals surface area contributed by atoms with Crippen molar-refractivity contribution >= 4 is 11.6 Å². The minimum atomic E-state index is 0.375. The smallest absolute Gasteiger partial charge is 0.0462 e. The fourth-order valence-electron chi connectivity index (χ4n) is 2.95. The number of hydrogen-bond acceptors (Lipinski definition) is 2. The Labute approximate surface area is 122 Å². The second-order valence-corrected chi connectivity index (χ2v) is 6.11. The molecule has 0 spiro atoms. The molecule has 0 bridgehead atoms. The van der Waals surface area contributed by atoms with E-state index in [1.54, 1.807) is 0 Å². The van der Waals surface area contributed by atoms with Gasteiger partial charge < -0.3 is 0 Å². The minimum Gasteiger partial charge on any atom is -0.247 e. The summed E-state index contributed by atoms with van der Waals surface area (Å²) in [4.78, 5) is 0. The molecular weight excluding hydrogens is 256 g/mol. The van der Waals surface area contributed by atoms with Crippen molar-refractivity contribution in [1.82, 2.24) is 10.4 Å². The summed E-state index contributed by atoms with van der Waals surface area (Å²) in [6.07, 6.45) is 5.00. The Morgan fingerprint density at radius 3 is 2.32 bits per heavy atom. The van der Waals surface area contributed by atoms with Gasteiger partial charge in [0.1, 0.15) is 0 Å². The van der Waals surface area contributed by atoms with Crippen LogP contribution in [-0.2, 0) is 0 Å². The molecule has 1 heterocycles. The van der Waals surface area contributed by atoms with Crippen LogP contribution in [0.2, 0.25) is 5.02 Å². The Kier molecular flexibility index (Phi) is 5.26. The molecule has 3 unspecified atom stereocenters. The van der Waals surface area contributed by atoms with Crippen LogP contribution in [0.1, 0.15) is 58.1 Å². The number of benzene rings is 1. The van der Waals surface area contributed by atoms with Crippen LogP contribution < -0.4 is 5.43 Å². The topological polar surface area (TPSA) is 15.3 Å². The standard InChI is InChI=1S/C16H25ClN2/c1-4-16(14-8-10-15(17)11-9-14)18-19-12(2)6-5-7-13(19)3/h8-13,16,18H,4-7H2,1-3H3. The average Bonchev–Trinajstić information content (AvgIpc) is 2.40. The van der Waals surface area contributed by atoms with E-state index in [-0.39, 0.29) is 0 Å². The SMILES string of the molecule is CCC(NN1C(C)CCCC1C)c1ccc(Cl)cc1. The van der Waals surface area contributed by atoms with Crippen molar-refractivity contribution in [2.75, 3.05) is 0 Å². The molecule has 0 saturated carbocycles. The van der Waals surface area contributed by atoms with E-state index in [1.807, 2.05) is 12.1 Å². The molecule has 2 rings (SSSR count). The maximum Gasteiger partial charge on any atom is 0.0462 e. The van der Waals surface area contributed by atoms with Crippen molar-refractivity contribution in [2.45, 2.75) is 64.6 Å². The van der Waals surface area contributed by atoms with Gasteiger partial charge in [0.05, 0.1) is 0 Å². The van der Waals surface area contributed by atoms with Gasteiger partial charge in [-0.05, 0) is 50.8 Å². The molecule has 3 heteroatoms. The Hall–Kier alpha value is -0.570. The summed E-state index contributed by atoms with van der Waals surface area (Å²) in [5.41, 5.74) is 5.05. The van der Waals surface area contributed by atoms with E-state index >= 15 is 0 Å². The lowest BCUT2D eigenvalue weighted by molar-refractivity contribution is 0.0284. The van der Waals surface area contributed by atoms with Crippen LogP contribution >= 0.6 is 11.6 Å². The largest absolute Gasteiger partial charge is 0.247 e. The third kappa shape index (κ3) is 3.71. The Morgan fingerprint density at radius 2 is 1.79 bits per heavy atom. The summed E-state index contributed by atoms with van der Waals surface area (Å²) in [6.45, 7) is 6.86. The molecule has 0 amide bonds. The number of hydrogen-bond donors (Lipinski definition) is 1. The number of hydrazine groups is 1. The van der Waals surface area contributed by atoms with Gasteiger partial charge in [0.25, 0.3) is 0 Å². The molecule has 3 atom stereocenters. The maximum absolute atomic E-state index is 5.97.